The van der Waals surface area contributed by atoms with Crippen LogP contribution < -0.4 is 21.3 Å². The second kappa shape index (κ2) is 15.8. The molecule has 0 bridgehead atoms. The van der Waals surface area contributed by atoms with Crippen molar-refractivity contribution in [3.05, 3.63) is 34.1 Å². The number of Topliss-reactive ketones (excluding diaryl/α,β-unsaturated/α-hetero) is 2. The van der Waals surface area contributed by atoms with Gasteiger partial charge in [0.15, 0.2) is 17.7 Å². The summed E-state index contributed by atoms with van der Waals surface area (Å²) < 4.78 is 10.9. The van der Waals surface area contributed by atoms with Crippen LogP contribution in [0, 0.1) is 11.8 Å². The summed E-state index contributed by atoms with van der Waals surface area (Å²) in [6, 6.07) is 0.373. The molecule has 268 valence electrons. The number of aliphatic hydroxyl groups excluding tert-OH is 2. The SMILES string of the molecule is CCOC(CNCC(=O)Nc1cc(N(C)C)c2c(c1O)C(O)=C1C(=O)[C@]3(O)C(O)=C(C(N)=O)C(=O)[C@@H](N(C)C)C3CC1C2)OCC.Cl.Cl. The molecular weight excluding hydrogens is 673 g/mol. The molecule has 1 fully saturated rings. The fourth-order valence-electron chi connectivity index (χ4n) is 6.82. The average Bonchev–Trinajstić information content (AvgIpc) is 2.96. The second-order valence-corrected chi connectivity index (χ2v) is 12.0. The van der Waals surface area contributed by atoms with E-state index in [1.54, 1.807) is 25.1 Å². The number of carbonyl (C=O) groups is 4. The molecule has 1 saturated carbocycles. The number of nitrogens with zero attached hydrogens (tertiary/aromatic N) is 2. The Morgan fingerprint density at radius 2 is 1.69 bits per heavy atom. The van der Waals surface area contributed by atoms with Gasteiger partial charge >= 0.3 is 0 Å². The van der Waals surface area contributed by atoms with Crippen molar-refractivity contribution >= 4 is 65.3 Å². The summed E-state index contributed by atoms with van der Waals surface area (Å²) in [6.07, 6.45) is -0.474. The summed E-state index contributed by atoms with van der Waals surface area (Å²) in [5.41, 5.74) is 2.31. The normalized spacial score (nSPS) is 23.2. The van der Waals surface area contributed by atoms with Crippen LogP contribution in [0.4, 0.5) is 11.4 Å². The van der Waals surface area contributed by atoms with Gasteiger partial charge in [0.1, 0.15) is 22.8 Å². The number of benzene rings is 1. The zero-order valence-electron chi connectivity index (χ0n) is 27.7. The summed E-state index contributed by atoms with van der Waals surface area (Å²) in [5.74, 6) is -7.99. The van der Waals surface area contributed by atoms with Gasteiger partial charge in [0.2, 0.25) is 11.7 Å². The van der Waals surface area contributed by atoms with E-state index in [0.29, 0.717) is 24.5 Å². The van der Waals surface area contributed by atoms with Crippen molar-refractivity contribution in [2.45, 2.75) is 44.6 Å². The van der Waals surface area contributed by atoms with E-state index in [-0.39, 0.29) is 67.6 Å². The van der Waals surface area contributed by atoms with Crippen LogP contribution in [-0.2, 0) is 35.1 Å². The van der Waals surface area contributed by atoms with E-state index in [1.807, 2.05) is 13.8 Å². The quantitative estimate of drug-likeness (QED) is 0.0904. The lowest BCUT2D eigenvalue weighted by Gasteiger charge is -2.50. The Labute approximate surface area is 290 Å². The van der Waals surface area contributed by atoms with Crippen LogP contribution in [0.15, 0.2) is 23.0 Å². The van der Waals surface area contributed by atoms with Crippen molar-refractivity contribution in [3.63, 3.8) is 0 Å². The Balaban J connectivity index is 0.00000400. The number of aromatic hydroxyl groups is 1. The molecule has 4 atom stereocenters. The van der Waals surface area contributed by atoms with Gasteiger partial charge < -0.3 is 51.2 Å². The maximum absolute atomic E-state index is 14.1. The van der Waals surface area contributed by atoms with E-state index >= 15 is 0 Å². The molecule has 2 unspecified atom stereocenters. The third kappa shape index (κ3) is 6.99. The van der Waals surface area contributed by atoms with Crippen LogP contribution in [0.25, 0.3) is 5.76 Å². The van der Waals surface area contributed by atoms with E-state index in [0.717, 1.165) is 0 Å². The van der Waals surface area contributed by atoms with Crippen molar-refractivity contribution in [3.8, 4) is 5.75 Å². The summed E-state index contributed by atoms with van der Waals surface area (Å²) in [7, 11) is 6.55. The van der Waals surface area contributed by atoms with E-state index in [1.165, 1.54) is 19.0 Å². The molecule has 17 heteroatoms. The summed E-state index contributed by atoms with van der Waals surface area (Å²) in [5, 5.41) is 51.4. The van der Waals surface area contributed by atoms with Crippen LogP contribution in [0.1, 0.15) is 31.4 Å². The summed E-state index contributed by atoms with van der Waals surface area (Å²) in [4.78, 5) is 55.6. The lowest BCUT2D eigenvalue weighted by atomic mass is 9.57. The maximum atomic E-state index is 14.1. The van der Waals surface area contributed by atoms with E-state index < -0.39 is 76.0 Å². The van der Waals surface area contributed by atoms with E-state index in [4.69, 9.17) is 15.2 Å². The number of ketones is 2. The predicted octanol–water partition coefficient (Wildman–Crippen LogP) is 0.801. The number of likely N-dealkylation sites (N-methyl/N-ethyl adjacent to an activating group) is 1. The summed E-state index contributed by atoms with van der Waals surface area (Å²) >= 11 is 0. The highest BCUT2D eigenvalue weighted by Crippen LogP contribution is 2.54. The van der Waals surface area contributed by atoms with Crippen LogP contribution in [-0.4, -0.2) is 121 Å². The lowest BCUT2D eigenvalue weighted by molar-refractivity contribution is -0.153. The number of anilines is 2. The molecule has 15 nitrogen and oxygen atoms in total. The first-order valence-corrected chi connectivity index (χ1v) is 15.1. The summed E-state index contributed by atoms with van der Waals surface area (Å²) in [6.45, 7) is 4.55. The number of primary amides is 1. The zero-order chi connectivity index (χ0) is 34.2. The number of phenolic OH excluding ortho intramolecular Hbond substituents is 1. The second-order valence-electron chi connectivity index (χ2n) is 12.0. The number of carbonyl (C=O) groups excluding carboxylic acids is 4. The van der Waals surface area contributed by atoms with Crippen LogP contribution in [0.3, 0.4) is 0 Å². The molecule has 0 aliphatic heterocycles. The Morgan fingerprint density at radius 1 is 1.08 bits per heavy atom. The van der Waals surface area contributed by atoms with Crippen molar-refractivity contribution in [1.82, 2.24) is 10.2 Å². The number of fused-ring (bicyclic) bond motifs is 3. The molecule has 0 spiro atoms. The third-order valence-corrected chi connectivity index (χ3v) is 8.75. The molecule has 3 aliphatic rings. The first-order chi connectivity index (χ1) is 21.6. The molecule has 1 aromatic rings. The number of nitrogens with two attached hydrogens (primary N) is 1. The highest BCUT2D eigenvalue weighted by atomic mass is 35.5. The number of hydrogen-bond donors (Lipinski definition) is 7. The molecule has 4 rings (SSSR count). The number of ether oxygens (including phenoxy) is 2. The molecule has 0 aromatic heterocycles. The van der Waals surface area contributed by atoms with Gasteiger partial charge in [-0.3, -0.25) is 24.1 Å². The molecule has 8 N–H and O–H groups in total. The molecule has 0 radical (unpaired) electrons. The van der Waals surface area contributed by atoms with Crippen molar-refractivity contribution in [2.75, 3.05) is 64.7 Å². The molecule has 48 heavy (non-hydrogen) atoms. The lowest BCUT2D eigenvalue weighted by Crippen LogP contribution is -2.65. The zero-order valence-corrected chi connectivity index (χ0v) is 29.3. The first kappa shape index (κ1) is 40.7. The number of nitrogens with one attached hydrogen (secondary N) is 2. The van der Waals surface area contributed by atoms with E-state index in [9.17, 15) is 39.6 Å². The number of halogens is 2. The topological polar surface area (TPSA) is 224 Å². The minimum Gasteiger partial charge on any atom is -0.508 e. The molecule has 3 aliphatic carbocycles. The Kier molecular flexibility index (Phi) is 13.4. The highest BCUT2D eigenvalue weighted by Gasteiger charge is 2.64. The smallest absolute Gasteiger partial charge is 0.255 e. The number of rotatable bonds is 12. The van der Waals surface area contributed by atoms with Crippen LogP contribution in [0.2, 0.25) is 0 Å². The van der Waals surface area contributed by atoms with Gasteiger partial charge in [-0.15, -0.1) is 24.8 Å². The van der Waals surface area contributed by atoms with Gasteiger partial charge in [0.25, 0.3) is 5.91 Å². The maximum Gasteiger partial charge on any atom is 0.255 e. The van der Waals surface area contributed by atoms with Crippen LogP contribution >= 0.6 is 24.8 Å². The van der Waals surface area contributed by atoms with E-state index in [2.05, 4.69) is 10.6 Å². The number of amides is 2. The van der Waals surface area contributed by atoms with Gasteiger partial charge in [-0.2, -0.15) is 0 Å². The number of phenols is 1. The predicted molar refractivity (Wildman–Crippen MR) is 182 cm³/mol. The fraction of sp³-hybridized carbons (Fsp3) is 0.548. The van der Waals surface area contributed by atoms with Gasteiger partial charge in [0, 0.05) is 51.0 Å². The largest absolute Gasteiger partial charge is 0.508 e. The van der Waals surface area contributed by atoms with Gasteiger partial charge in [-0.05, 0) is 58.3 Å². The van der Waals surface area contributed by atoms with Crippen molar-refractivity contribution in [2.24, 2.45) is 17.6 Å². The Bertz CT molecular complexity index is 1510. The average molecular weight is 719 g/mol. The van der Waals surface area contributed by atoms with Gasteiger partial charge in [0.05, 0.1) is 23.8 Å². The number of hydrogen-bond acceptors (Lipinski definition) is 13. The number of aliphatic hydroxyl groups is 3. The fourth-order valence-corrected chi connectivity index (χ4v) is 6.82. The molecule has 1 aromatic carbocycles. The first-order valence-electron chi connectivity index (χ1n) is 15.1. The van der Waals surface area contributed by atoms with Crippen molar-refractivity contribution in [1.29, 1.82) is 0 Å². The molecule has 0 saturated heterocycles. The molecular formula is C31H45Cl2N5O10. The molecule has 2 amide bonds. The van der Waals surface area contributed by atoms with Crippen molar-refractivity contribution < 1.29 is 49.1 Å². The molecule has 0 heterocycles. The highest BCUT2D eigenvalue weighted by molar-refractivity contribution is 6.24. The monoisotopic (exact) mass is 717 g/mol. The minimum atomic E-state index is -2.75. The van der Waals surface area contributed by atoms with Crippen LogP contribution in [0.5, 0.6) is 5.75 Å². The third-order valence-electron chi connectivity index (χ3n) is 8.75. The Morgan fingerprint density at radius 3 is 2.21 bits per heavy atom. The minimum absolute atomic E-state index is 0. The standard InChI is InChI=1S/C31H43N5O10.2ClH/c1-7-45-20(46-8-2)13-33-12-19(37)34-17-11-18(35(3)4)15-9-14-10-16-24(36(5)6)27(40)23(30(32)43)29(42)31(16,44)28(41)21(14)26(39)22(15)25(17)38;;/h11,14,16,20,24,33,38-39,42,44H,7-10,12-13H2,1-6H3,(H2,32,43)(H,34,37);2*1H/t14?,16?,24-,31-;;/m0../s1. The van der Waals surface area contributed by atoms with Gasteiger partial charge in [-0.25, -0.2) is 0 Å². The Hall–Kier alpha value is -3.44. The van der Waals surface area contributed by atoms with Gasteiger partial charge in [-0.1, -0.05) is 0 Å².